The van der Waals surface area contributed by atoms with Gasteiger partial charge in [-0.2, -0.15) is 0 Å². The Balaban J connectivity index is 2.49. The number of ether oxygens (including phenoxy) is 1. The van der Waals surface area contributed by atoms with Gasteiger partial charge in [0.25, 0.3) is 0 Å². The van der Waals surface area contributed by atoms with Crippen LogP contribution in [0.3, 0.4) is 0 Å². The molecule has 1 atom stereocenters. The Kier molecular flexibility index (Phi) is 5.00. The van der Waals surface area contributed by atoms with Crippen molar-refractivity contribution >= 4 is 39.1 Å². The highest BCUT2D eigenvalue weighted by molar-refractivity contribution is 9.09. The first-order valence-corrected chi connectivity index (χ1v) is 7.86. The maximum Gasteiger partial charge on any atom is 0.124 e. The van der Waals surface area contributed by atoms with Crippen LogP contribution < -0.4 is 4.74 Å². The fraction of sp³-hybridized carbons (Fsp3) is 0.250. The van der Waals surface area contributed by atoms with Crippen molar-refractivity contribution in [1.82, 2.24) is 0 Å². The van der Waals surface area contributed by atoms with Gasteiger partial charge in [0.05, 0.1) is 22.0 Å². The van der Waals surface area contributed by atoms with Crippen LogP contribution in [0.2, 0.25) is 10.0 Å². The van der Waals surface area contributed by atoms with Gasteiger partial charge in [0.15, 0.2) is 0 Å². The van der Waals surface area contributed by atoms with Gasteiger partial charge in [0.1, 0.15) is 5.75 Å². The minimum Gasteiger partial charge on any atom is -0.496 e. The normalized spacial score (nSPS) is 12.3. The Morgan fingerprint density at radius 2 is 1.70 bits per heavy atom. The summed E-state index contributed by atoms with van der Waals surface area (Å²) in [5, 5.41) is 1.15. The maximum absolute atomic E-state index is 6.29. The van der Waals surface area contributed by atoms with Gasteiger partial charge in [0.2, 0.25) is 0 Å². The first kappa shape index (κ1) is 15.7. The quantitative estimate of drug-likeness (QED) is 0.590. The van der Waals surface area contributed by atoms with Crippen LogP contribution in [0.1, 0.15) is 27.1 Å². The van der Waals surface area contributed by atoms with E-state index in [1.807, 2.05) is 26.0 Å². The molecule has 106 valence electrons. The molecule has 1 unspecified atom stereocenters. The lowest BCUT2D eigenvalue weighted by atomic mass is 9.99. The Bertz CT molecular complexity index is 617. The molecule has 2 aromatic rings. The Morgan fingerprint density at radius 1 is 1.10 bits per heavy atom. The van der Waals surface area contributed by atoms with Gasteiger partial charge in [-0.3, -0.25) is 0 Å². The minimum absolute atomic E-state index is 0.00277. The topological polar surface area (TPSA) is 9.23 Å². The smallest absolute Gasteiger partial charge is 0.124 e. The van der Waals surface area contributed by atoms with Gasteiger partial charge < -0.3 is 4.74 Å². The van der Waals surface area contributed by atoms with Gasteiger partial charge in [0, 0.05) is 0 Å². The van der Waals surface area contributed by atoms with Crippen LogP contribution in [0.25, 0.3) is 0 Å². The fourth-order valence-corrected chi connectivity index (χ4v) is 3.54. The first-order chi connectivity index (χ1) is 9.45. The highest BCUT2D eigenvalue weighted by atomic mass is 79.9. The second-order valence-corrected chi connectivity index (χ2v) is 6.39. The van der Waals surface area contributed by atoms with Crippen molar-refractivity contribution in [3.63, 3.8) is 0 Å². The minimum atomic E-state index is -0.00277. The Hall–Kier alpha value is -0.700. The molecular formula is C16H15BrCl2O. The van der Waals surface area contributed by atoms with E-state index in [1.165, 1.54) is 0 Å². The van der Waals surface area contributed by atoms with E-state index in [1.54, 1.807) is 13.2 Å². The Labute approximate surface area is 138 Å². The molecule has 20 heavy (non-hydrogen) atoms. The number of hydrogen-bond donors (Lipinski definition) is 0. The predicted octanol–water partition coefficient (Wildman–Crippen LogP) is 6.10. The van der Waals surface area contributed by atoms with Crippen molar-refractivity contribution in [1.29, 1.82) is 0 Å². The number of hydrogen-bond acceptors (Lipinski definition) is 1. The van der Waals surface area contributed by atoms with Crippen molar-refractivity contribution in [2.75, 3.05) is 7.11 Å². The number of methoxy groups -OCH3 is 1. The molecule has 1 nitrogen and oxygen atoms in total. The maximum atomic E-state index is 6.29. The molecule has 0 bridgehead atoms. The van der Waals surface area contributed by atoms with Crippen LogP contribution in [0.15, 0.2) is 30.3 Å². The summed E-state index contributed by atoms with van der Waals surface area (Å²) in [5.74, 6) is 0.922. The molecule has 2 rings (SSSR count). The van der Waals surface area contributed by atoms with Gasteiger partial charge in [-0.25, -0.2) is 0 Å². The molecule has 0 spiro atoms. The lowest BCUT2D eigenvalue weighted by Crippen LogP contribution is -1.98. The van der Waals surface area contributed by atoms with Crippen molar-refractivity contribution in [3.8, 4) is 5.75 Å². The van der Waals surface area contributed by atoms with Crippen molar-refractivity contribution in [3.05, 3.63) is 62.6 Å². The number of halogens is 3. The van der Waals surface area contributed by atoms with Crippen LogP contribution in [-0.2, 0) is 0 Å². The lowest BCUT2D eigenvalue weighted by molar-refractivity contribution is 0.408. The highest BCUT2D eigenvalue weighted by Crippen LogP contribution is 2.40. The summed E-state index contributed by atoms with van der Waals surface area (Å²) in [6.07, 6.45) is 0. The summed E-state index contributed by atoms with van der Waals surface area (Å²) in [6.45, 7) is 4.07. The van der Waals surface area contributed by atoms with Crippen molar-refractivity contribution < 1.29 is 4.74 Å². The zero-order valence-electron chi connectivity index (χ0n) is 11.5. The number of rotatable bonds is 3. The average molecular weight is 374 g/mol. The molecule has 2 aromatic carbocycles. The van der Waals surface area contributed by atoms with Crippen LogP contribution >= 0.6 is 39.1 Å². The fourth-order valence-electron chi connectivity index (χ4n) is 2.35. The van der Waals surface area contributed by atoms with Crippen LogP contribution in [-0.4, -0.2) is 7.11 Å². The predicted molar refractivity (Wildman–Crippen MR) is 89.7 cm³/mol. The molecule has 0 N–H and O–H groups in total. The van der Waals surface area contributed by atoms with Crippen LogP contribution in [0, 0.1) is 13.8 Å². The zero-order chi connectivity index (χ0) is 14.9. The number of alkyl halides is 1. The summed E-state index contributed by atoms with van der Waals surface area (Å²) in [7, 11) is 1.69. The number of benzene rings is 2. The third-order valence-corrected chi connectivity index (χ3v) is 5.09. The van der Waals surface area contributed by atoms with Crippen LogP contribution in [0.4, 0.5) is 0 Å². The summed E-state index contributed by atoms with van der Waals surface area (Å²) in [5.41, 5.74) is 4.29. The molecule has 0 saturated heterocycles. The van der Waals surface area contributed by atoms with Crippen LogP contribution in [0.5, 0.6) is 5.75 Å². The number of aryl methyl sites for hydroxylation is 2. The second-order valence-electron chi connectivity index (χ2n) is 4.69. The second kappa shape index (κ2) is 6.38. The van der Waals surface area contributed by atoms with Gasteiger partial charge >= 0.3 is 0 Å². The average Bonchev–Trinajstić information content (AvgIpc) is 2.41. The summed E-state index contributed by atoms with van der Waals surface area (Å²) in [4.78, 5) is -0.00277. The van der Waals surface area contributed by atoms with E-state index in [0.29, 0.717) is 10.0 Å². The van der Waals surface area contributed by atoms with Crippen molar-refractivity contribution in [2.24, 2.45) is 0 Å². The largest absolute Gasteiger partial charge is 0.496 e. The zero-order valence-corrected chi connectivity index (χ0v) is 14.6. The summed E-state index contributed by atoms with van der Waals surface area (Å²) < 4.78 is 5.40. The van der Waals surface area contributed by atoms with E-state index >= 15 is 0 Å². The summed E-state index contributed by atoms with van der Waals surface area (Å²) in [6, 6.07) is 9.87. The Morgan fingerprint density at radius 3 is 2.25 bits per heavy atom. The van der Waals surface area contributed by atoms with E-state index in [4.69, 9.17) is 27.9 Å². The third-order valence-electron chi connectivity index (χ3n) is 3.23. The molecule has 0 heterocycles. The van der Waals surface area contributed by atoms with Gasteiger partial charge in [-0.1, -0.05) is 63.4 Å². The SMILES string of the molecule is COc1c(C)cc(C(Br)c2cccc(Cl)c2Cl)cc1C. The summed E-state index contributed by atoms with van der Waals surface area (Å²) >= 11 is 16.1. The molecule has 0 amide bonds. The molecule has 4 heteroatoms. The molecule has 0 radical (unpaired) electrons. The van der Waals surface area contributed by atoms with E-state index in [-0.39, 0.29) is 4.83 Å². The monoisotopic (exact) mass is 372 g/mol. The molecule has 0 aliphatic heterocycles. The standard InChI is InChI=1S/C16H15BrCl2O/c1-9-7-11(8-10(2)16(9)20-3)14(17)12-5-4-6-13(18)15(12)19/h4-8,14H,1-3H3. The lowest BCUT2D eigenvalue weighted by Gasteiger charge is -2.17. The van der Waals surface area contributed by atoms with E-state index < -0.39 is 0 Å². The van der Waals surface area contributed by atoms with E-state index in [0.717, 1.165) is 28.0 Å². The molecule has 0 aliphatic carbocycles. The molecule has 0 aliphatic rings. The molecule has 0 aromatic heterocycles. The van der Waals surface area contributed by atoms with E-state index in [9.17, 15) is 0 Å². The van der Waals surface area contributed by atoms with Gasteiger partial charge in [-0.15, -0.1) is 0 Å². The van der Waals surface area contributed by atoms with Gasteiger partial charge in [-0.05, 0) is 42.2 Å². The molecular weight excluding hydrogens is 359 g/mol. The van der Waals surface area contributed by atoms with E-state index in [2.05, 4.69) is 28.1 Å². The van der Waals surface area contributed by atoms with Crippen molar-refractivity contribution in [2.45, 2.75) is 18.7 Å². The molecule has 0 saturated carbocycles. The third kappa shape index (κ3) is 2.98. The molecule has 0 fully saturated rings. The highest BCUT2D eigenvalue weighted by Gasteiger charge is 2.17. The first-order valence-electron chi connectivity index (χ1n) is 6.18.